The van der Waals surface area contributed by atoms with Gasteiger partial charge in [-0.15, -0.1) is 0 Å². The molecule has 2 saturated heterocycles. The van der Waals surface area contributed by atoms with Gasteiger partial charge in [-0.25, -0.2) is 12.7 Å². The van der Waals surface area contributed by atoms with Crippen LogP contribution in [0, 0.1) is 11.8 Å². The monoisotopic (exact) mass is 289 g/mol. The lowest BCUT2D eigenvalue weighted by Gasteiger charge is -2.22. The number of carbonyl (C=O) groups is 1. The highest BCUT2D eigenvalue weighted by Gasteiger charge is 2.44. The number of likely N-dealkylation sites (N-methyl/N-ethyl adjacent to an activating group) is 1. The Labute approximate surface area is 115 Å². The average Bonchev–Trinajstić information content (AvgIpc) is 2.85. The summed E-state index contributed by atoms with van der Waals surface area (Å²) in [5.41, 5.74) is 0. The van der Waals surface area contributed by atoms with Crippen LogP contribution in [0.15, 0.2) is 0 Å². The molecule has 0 saturated carbocycles. The van der Waals surface area contributed by atoms with Crippen LogP contribution in [-0.2, 0) is 14.8 Å². The molecule has 2 heterocycles. The van der Waals surface area contributed by atoms with Crippen LogP contribution >= 0.6 is 0 Å². The Bertz CT molecular complexity index is 435. The van der Waals surface area contributed by atoms with Gasteiger partial charge < -0.3 is 9.80 Å². The van der Waals surface area contributed by atoms with Crippen molar-refractivity contribution in [2.24, 2.45) is 11.8 Å². The Kier molecular flexibility index (Phi) is 4.17. The summed E-state index contributed by atoms with van der Waals surface area (Å²) in [5.74, 6) is 0.930. The first-order chi connectivity index (χ1) is 8.83. The molecule has 0 aromatic rings. The first kappa shape index (κ1) is 14.7. The molecule has 0 aromatic carbocycles. The summed E-state index contributed by atoms with van der Waals surface area (Å²) in [6, 6.07) is 0. The third-order valence-electron chi connectivity index (χ3n) is 4.02. The van der Waals surface area contributed by atoms with E-state index in [2.05, 4.69) is 0 Å². The van der Waals surface area contributed by atoms with Gasteiger partial charge in [0.2, 0.25) is 15.9 Å². The van der Waals surface area contributed by atoms with E-state index in [1.165, 1.54) is 0 Å². The van der Waals surface area contributed by atoms with E-state index in [4.69, 9.17) is 0 Å². The summed E-state index contributed by atoms with van der Waals surface area (Å²) in [7, 11) is 0.684. The van der Waals surface area contributed by atoms with Crippen LogP contribution in [0.2, 0.25) is 0 Å². The minimum atomic E-state index is -3.08. The largest absolute Gasteiger partial charge is 0.341 e. The molecule has 0 N–H and O–H groups in total. The maximum Gasteiger partial charge on any atom is 0.236 e. The average molecular weight is 289 g/mol. The molecule has 0 radical (unpaired) electrons. The number of sulfonamides is 1. The number of carbonyl (C=O) groups excluding carboxylic acids is 1. The fourth-order valence-corrected chi connectivity index (χ4v) is 4.14. The van der Waals surface area contributed by atoms with E-state index in [0.717, 1.165) is 0 Å². The number of fused-ring (bicyclic) bond motifs is 1. The lowest BCUT2D eigenvalue weighted by Crippen LogP contribution is -2.39. The van der Waals surface area contributed by atoms with Gasteiger partial charge in [0.15, 0.2) is 0 Å². The maximum absolute atomic E-state index is 12.0. The van der Waals surface area contributed by atoms with Crippen LogP contribution in [0.3, 0.4) is 0 Å². The van der Waals surface area contributed by atoms with E-state index in [9.17, 15) is 13.2 Å². The van der Waals surface area contributed by atoms with Gasteiger partial charge in [0.1, 0.15) is 0 Å². The third kappa shape index (κ3) is 3.09. The van der Waals surface area contributed by atoms with E-state index in [1.54, 1.807) is 11.2 Å². The Morgan fingerprint density at radius 2 is 1.68 bits per heavy atom. The summed E-state index contributed by atoms with van der Waals surface area (Å²) in [6.07, 6.45) is 0. The molecule has 2 fully saturated rings. The summed E-state index contributed by atoms with van der Waals surface area (Å²) in [6.45, 7) is 4.66. The van der Waals surface area contributed by atoms with E-state index in [0.29, 0.717) is 44.6 Å². The van der Waals surface area contributed by atoms with Gasteiger partial charge in [0.05, 0.1) is 12.3 Å². The predicted molar refractivity (Wildman–Crippen MR) is 73.1 cm³/mol. The first-order valence-corrected chi connectivity index (χ1v) is 8.34. The van der Waals surface area contributed by atoms with Gasteiger partial charge in [-0.1, -0.05) is 0 Å². The summed E-state index contributed by atoms with van der Waals surface area (Å²) < 4.78 is 25.3. The Morgan fingerprint density at radius 1 is 1.16 bits per heavy atom. The second-order valence-corrected chi connectivity index (χ2v) is 8.03. The van der Waals surface area contributed by atoms with Crippen molar-refractivity contribution in [3.63, 3.8) is 0 Å². The number of amides is 1. The number of hydrogen-bond acceptors (Lipinski definition) is 4. The van der Waals surface area contributed by atoms with Crippen molar-refractivity contribution in [1.29, 1.82) is 0 Å². The number of hydrogen-bond donors (Lipinski definition) is 0. The van der Waals surface area contributed by atoms with E-state index in [-0.39, 0.29) is 11.7 Å². The zero-order valence-corrected chi connectivity index (χ0v) is 12.7. The fraction of sp³-hybridized carbons (Fsp3) is 0.917. The topological polar surface area (TPSA) is 60.9 Å². The minimum Gasteiger partial charge on any atom is -0.341 e. The zero-order chi connectivity index (χ0) is 14.2. The summed E-state index contributed by atoms with van der Waals surface area (Å²) in [4.78, 5) is 15.7. The van der Waals surface area contributed by atoms with Gasteiger partial charge in [0, 0.05) is 26.2 Å². The highest BCUT2D eigenvalue weighted by Crippen LogP contribution is 2.32. The zero-order valence-electron chi connectivity index (χ0n) is 11.9. The molecule has 2 aliphatic heterocycles. The van der Waals surface area contributed by atoms with Gasteiger partial charge in [-0.05, 0) is 32.9 Å². The SMILES string of the molecule is CCS(=O)(=O)N1CC2CN(C(=O)CN(C)C)CC2C1. The molecule has 0 spiro atoms. The normalized spacial score (nSPS) is 28.1. The first-order valence-electron chi connectivity index (χ1n) is 6.73. The van der Waals surface area contributed by atoms with Crippen LogP contribution in [0.1, 0.15) is 6.92 Å². The number of nitrogens with zero attached hydrogens (tertiary/aromatic N) is 3. The highest BCUT2D eigenvalue weighted by molar-refractivity contribution is 7.89. The molecule has 2 aliphatic rings. The van der Waals surface area contributed by atoms with Gasteiger partial charge in [0.25, 0.3) is 0 Å². The van der Waals surface area contributed by atoms with Gasteiger partial charge >= 0.3 is 0 Å². The van der Waals surface area contributed by atoms with Crippen LogP contribution in [-0.4, -0.2) is 81.0 Å². The van der Waals surface area contributed by atoms with E-state index < -0.39 is 10.0 Å². The van der Waals surface area contributed by atoms with Crippen molar-refractivity contribution < 1.29 is 13.2 Å². The molecule has 0 bridgehead atoms. The van der Waals surface area contributed by atoms with Crippen molar-refractivity contribution in [1.82, 2.24) is 14.1 Å². The van der Waals surface area contributed by atoms with Crippen LogP contribution < -0.4 is 0 Å². The fourth-order valence-electron chi connectivity index (χ4n) is 2.93. The van der Waals surface area contributed by atoms with Gasteiger partial charge in [-0.3, -0.25) is 4.79 Å². The molecule has 2 rings (SSSR count). The Morgan fingerprint density at radius 3 is 2.11 bits per heavy atom. The molecule has 110 valence electrons. The maximum atomic E-state index is 12.0. The second kappa shape index (κ2) is 5.38. The second-order valence-electron chi connectivity index (χ2n) is 5.77. The molecule has 19 heavy (non-hydrogen) atoms. The smallest absolute Gasteiger partial charge is 0.236 e. The molecule has 2 atom stereocenters. The number of likely N-dealkylation sites (tertiary alicyclic amines) is 1. The summed E-state index contributed by atoms with van der Waals surface area (Å²) >= 11 is 0. The third-order valence-corrected chi connectivity index (χ3v) is 5.83. The Balaban J connectivity index is 1.92. The van der Waals surface area contributed by atoms with Crippen molar-refractivity contribution in [3.05, 3.63) is 0 Å². The standard InChI is InChI=1S/C12H23N3O3S/c1-4-19(17,18)15-7-10-5-14(6-11(10)8-15)12(16)9-13(2)3/h10-11H,4-9H2,1-3H3. The number of rotatable bonds is 4. The van der Waals surface area contributed by atoms with Crippen LogP contribution in [0.4, 0.5) is 0 Å². The van der Waals surface area contributed by atoms with Crippen molar-refractivity contribution in [3.8, 4) is 0 Å². The van der Waals surface area contributed by atoms with Crippen LogP contribution in [0.25, 0.3) is 0 Å². The molecule has 7 heteroatoms. The minimum absolute atomic E-state index is 0.143. The molecule has 1 amide bonds. The molecule has 6 nitrogen and oxygen atoms in total. The summed E-state index contributed by atoms with van der Waals surface area (Å²) in [5, 5.41) is 0. The van der Waals surface area contributed by atoms with Gasteiger partial charge in [-0.2, -0.15) is 0 Å². The van der Waals surface area contributed by atoms with E-state index in [1.807, 2.05) is 23.9 Å². The molecular weight excluding hydrogens is 266 g/mol. The lowest BCUT2D eigenvalue weighted by molar-refractivity contribution is -0.131. The quantitative estimate of drug-likeness (QED) is 0.686. The molecule has 2 unspecified atom stereocenters. The van der Waals surface area contributed by atoms with Crippen molar-refractivity contribution in [2.45, 2.75) is 6.92 Å². The Hall–Kier alpha value is -0.660. The predicted octanol–water partition coefficient (Wildman–Crippen LogP) is -0.712. The van der Waals surface area contributed by atoms with E-state index >= 15 is 0 Å². The molecule has 0 aromatic heterocycles. The lowest BCUT2D eigenvalue weighted by atomic mass is 10.0. The molecular formula is C12H23N3O3S. The van der Waals surface area contributed by atoms with Crippen LogP contribution in [0.5, 0.6) is 0 Å². The van der Waals surface area contributed by atoms with Crippen molar-refractivity contribution >= 4 is 15.9 Å². The van der Waals surface area contributed by atoms with Crippen molar-refractivity contribution in [2.75, 3.05) is 52.6 Å². The highest BCUT2D eigenvalue weighted by atomic mass is 32.2. The molecule has 0 aliphatic carbocycles.